The van der Waals surface area contributed by atoms with Gasteiger partial charge in [0.1, 0.15) is 6.61 Å². The zero-order valence-corrected chi connectivity index (χ0v) is 18.7. The molecule has 2 aromatic rings. The minimum atomic E-state index is -0.162. The predicted molar refractivity (Wildman–Crippen MR) is 120 cm³/mol. The van der Waals surface area contributed by atoms with Crippen molar-refractivity contribution in [2.24, 2.45) is 0 Å². The Labute approximate surface area is 187 Å². The van der Waals surface area contributed by atoms with Gasteiger partial charge in [0.05, 0.1) is 17.3 Å². The van der Waals surface area contributed by atoms with E-state index in [1.54, 1.807) is 9.80 Å². The first kappa shape index (κ1) is 23.0. The maximum atomic E-state index is 12.7. The summed E-state index contributed by atoms with van der Waals surface area (Å²) in [5, 5.41) is 9.31. The van der Waals surface area contributed by atoms with Crippen LogP contribution in [0.2, 0.25) is 5.02 Å². The first-order chi connectivity index (χ1) is 15.0. The summed E-state index contributed by atoms with van der Waals surface area (Å²) in [4.78, 5) is 30.3. The van der Waals surface area contributed by atoms with E-state index in [4.69, 9.17) is 16.3 Å². The van der Waals surface area contributed by atoms with E-state index in [9.17, 15) is 9.59 Å². The lowest BCUT2D eigenvalue weighted by Gasteiger charge is -2.36. The van der Waals surface area contributed by atoms with Crippen LogP contribution in [0.5, 0.6) is 0 Å². The molecule has 0 N–H and O–H groups in total. The van der Waals surface area contributed by atoms with E-state index in [1.807, 2.05) is 43.3 Å². The summed E-state index contributed by atoms with van der Waals surface area (Å²) in [5.41, 5.74) is 1.57. The van der Waals surface area contributed by atoms with Gasteiger partial charge >= 0.3 is 0 Å². The molecule has 0 radical (unpaired) electrons. The zero-order chi connectivity index (χ0) is 22.2. The van der Waals surface area contributed by atoms with Crippen LogP contribution in [0.25, 0.3) is 11.3 Å². The van der Waals surface area contributed by atoms with Gasteiger partial charge in [-0.3, -0.25) is 9.59 Å². The molecule has 8 nitrogen and oxygen atoms in total. The normalized spacial score (nSPS) is 13.9. The third-order valence-corrected chi connectivity index (χ3v) is 5.53. The monoisotopic (exact) mass is 445 g/mol. The average molecular weight is 446 g/mol. The Hall–Kier alpha value is -2.71. The van der Waals surface area contributed by atoms with E-state index < -0.39 is 0 Å². The maximum absolute atomic E-state index is 12.7. The smallest absolute Gasteiger partial charge is 0.249 e. The molecule has 3 rings (SSSR count). The predicted octanol–water partition coefficient (Wildman–Crippen LogP) is 2.33. The number of halogens is 1. The minimum Gasteiger partial charge on any atom is -0.375 e. The van der Waals surface area contributed by atoms with Gasteiger partial charge in [-0.2, -0.15) is 0 Å². The quantitative estimate of drug-likeness (QED) is 0.620. The van der Waals surface area contributed by atoms with Crippen molar-refractivity contribution in [3.8, 4) is 11.3 Å². The van der Waals surface area contributed by atoms with Gasteiger partial charge in [-0.05, 0) is 24.6 Å². The molecule has 0 unspecified atom stereocenters. The summed E-state index contributed by atoms with van der Waals surface area (Å²) in [6.07, 6.45) is 0.791. The minimum absolute atomic E-state index is 0.0100. The molecule has 31 heavy (non-hydrogen) atoms. The van der Waals surface area contributed by atoms with Crippen LogP contribution in [0.4, 0.5) is 5.82 Å². The van der Waals surface area contributed by atoms with Crippen molar-refractivity contribution in [1.82, 2.24) is 20.0 Å². The van der Waals surface area contributed by atoms with Crippen LogP contribution in [-0.2, 0) is 14.3 Å². The van der Waals surface area contributed by atoms with Crippen LogP contribution in [-0.4, -0.2) is 84.8 Å². The highest BCUT2D eigenvalue weighted by atomic mass is 35.5. The molecule has 1 aromatic carbocycles. The highest BCUT2D eigenvalue weighted by Crippen LogP contribution is 2.26. The maximum Gasteiger partial charge on any atom is 0.249 e. The van der Waals surface area contributed by atoms with Crippen molar-refractivity contribution in [1.29, 1.82) is 0 Å². The van der Waals surface area contributed by atoms with Gasteiger partial charge in [0, 0.05) is 45.4 Å². The number of carbonyl (C=O) groups is 2. The summed E-state index contributed by atoms with van der Waals surface area (Å²) in [6.45, 7) is 5.07. The lowest BCUT2D eigenvalue weighted by Crippen LogP contribution is -2.52. The second-order valence-corrected chi connectivity index (χ2v) is 7.78. The van der Waals surface area contributed by atoms with Crippen molar-refractivity contribution in [2.75, 3.05) is 57.9 Å². The van der Waals surface area contributed by atoms with Crippen LogP contribution in [0, 0.1) is 0 Å². The summed E-state index contributed by atoms with van der Waals surface area (Å²) in [6, 6.07) is 11.4. The zero-order valence-electron chi connectivity index (χ0n) is 18.0. The van der Waals surface area contributed by atoms with E-state index in [1.165, 1.54) is 7.11 Å². The number of benzene rings is 1. The van der Waals surface area contributed by atoms with E-state index in [2.05, 4.69) is 15.1 Å². The molecule has 0 bridgehead atoms. The Morgan fingerprint density at radius 1 is 1.10 bits per heavy atom. The number of anilines is 1. The van der Waals surface area contributed by atoms with Crippen molar-refractivity contribution in [3.63, 3.8) is 0 Å². The summed E-state index contributed by atoms with van der Waals surface area (Å²) in [5.74, 6) is 0.564. The summed E-state index contributed by atoms with van der Waals surface area (Å²) < 4.78 is 4.92. The number of aromatic nitrogens is 2. The van der Waals surface area contributed by atoms with Crippen molar-refractivity contribution in [2.45, 2.75) is 13.3 Å². The third kappa shape index (κ3) is 5.92. The van der Waals surface area contributed by atoms with E-state index in [0.29, 0.717) is 37.7 Å². The Morgan fingerprint density at radius 2 is 1.84 bits per heavy atom. The standard InChI is InChI=1S/C22H28ClN5O3/c1-3-10-28(22(30)16-31-2)15-21(29)27-13-11-26(12-14-27)20-9-8-19(24-25-20)17-6-4-5-7-18(17)23/h4-9H,3,10-16H2,1-2H3. The molecule has 0 aliphatic carbocycles. The van der Waals surface area contributed by atoms with Crippen LogP contribution in [0.3, 0.4) is 0 Å². The molecule has 0 saturated carbocycles. The molecule has 1 aliphatic rings. The number of methoxy groups -OCH3 is 1. The van der Waals surface area contributed by atoms with Gasteiger partial charge in [0.15, 0.2) is 5.82 Å². The van der Waals surface area contributed by atoms with Crippen molar-refractivity contribution in [3.05, 3.63) is 41.4 Å². The fourth-order valence-corrected chi connectivity index (χ4v) is 3.76. The number of piperazine rings is 1. The lowest BCUT2D eigenvalue weighted by atomic mass is 10.1. The Bertz CT molecular complexity index is 885. The first-order valence-corrected chi connectivity index (χ1v) is 10.8. The van der Waals surface area contributed by atoms with Gasteiger partial charge in [-0.15, -0.1) is 10.2 Å². The molecule has 2 amide bonds. The van der Waals surface area contributed by atoms with Gasteiger partial charge in [-0.25, -0.2) is 0 Å². The second kappa shape index (κ2) is 11.1. The fraction of sp³-hybridized carbons (Fsp3) is 0.455. The molecule has 166 valence electrons. The molecule has 0 spiro atoms. The first-order valence-electron chi connectivity index (χ1n) is 10.4. The van der Waals surface area contributed by atoms with Crippen molar-refractivity contribution >= 4 is 29.2 Å². The SMILES string of the molecule is CCCN(CC(=O)N1CCN(c2ccc(-c3ccccc3Cl)nn2)CC1)C(=O)COC. The highest BCUT2D eigenvalue weighted by Gasteiger charge is 2.25. The van der Waals surface area contributed by atoms with Gasteiger partial charge in [0.25, 0.3) is 0 Å². The molecule has 1 aliphatic heterocycles. The van der Waals surface area contributed by atoms with Crippen LogP contribution >= 0.6 is 11.6 Å². The van der Waals surface area contributed by atoms with Crippen LogP contribution in [0.15, 0.2) is 36.4 Å². The molecular formula is C22H28ClN5O3. The molecule has 1 saturated heterocycles. The van der Waals surface area contributed by atoms with Crippen LogP contribution in [0.1, 0.15) is 13.3 Å². The number of rotatable bonds is 8. The van der Waals surface area contributed by atoms with E-state index in [-0.39, 0.29) is 25.0 Å². The topological polar surface area (TPSA) is 78.9 Å². The molecule has 9 heteroatoms. The number of hydrogen-bond acceptors (Lipinski definition) is 6. The van der Waals surface area contributed by atoms with Crippen LogP contribution < -0.4 is 4.90 Å². The number of amides is 2. The second-order valence-electron chi connectivity index (χ2n) is 7.37. The molecule has 2 heterocycles. The Kier molecular flexibility index (Phi) is 8.20. The van der Waals surface area contributed by atoms with Crippen molar-refractivity contribution < 1.29 is 14.3 Å². The molecule has 1 aromatic heterocycles. The van der Waals surface area contributed by atoms with Gasteiger partial charge < -0.3 is 19.4 Å². The number of ether oxygens (including phenoxy) is 1. The van der Waals surface area contributed by atoms with Gasteiger partial charge in [-0.1, -0.05) is 36.7 Å². The Morgan fingerprint density at radius 3 is 2.45 bits per heavy atom. The summed E-state index contributed by atoms with van der Waals surface area (Å²) in [7, 11) is 1.48. The van der Waals surface area contributed by atoms with E-state index >= 15 is 0 Å². The number of nitrogens with zero attached hydrogens (tertiary/aromatic N) is 5. The molecule has 0 atom stereocenters. The number of carbonyl (C=O) groups excluding carboxylic acids is 2. The number of hydrogen-bond donors (Lipinski definition) is 0. The highest BCUT2D eigenvalue weighted by molar-refractivity contribution is 6.33. The average Bonchev–Trinajstić information content (AvgIpc) is 2.79. The van der Waals surface area contributed by atoms with Gasteiger partial charge in [0.2, 0.25) is 11.8 Å². The molecular weight excluding hydrogens is 418 g/mol. The summed E-state index contributed by atoms with van der Waals surface area (Å²) >= 11 is 6.24. The molecule has 1 fully saturated rings. The fourth-order valence-electron chi connectivity index (χ4n) is 3.53. The third-order valence-electron chi connectivity index (χ3n) is 5.20. The Balaban J connectivity index is 1.56. The van der Waals surface area contributed by atoms with E-state index in [0.717, 1.165) is 23.5 Å². The largest absolute Gasteiger partial charge is 0.375 e. The lowest BCUT2D eigenvalue weighted by molar-refractivity contribution is -0.142.